The summed E-state index contributed by atoms with van der Waals surface area (Å²) in [7, 11) is 3.46. The number of hydrogen-bond donors (Lipinski definition) is 2. The lowest BCUT2D eigenvalue weighted by Gasteiger charge is -2.15. The van der Waals surface area contributed by atoms with Crippen LogP contribution >= 0.6 is 0 Å². The number of amides is 1. The van der Waals surface area contributed by atoms with E-state index in [9.17, 15) is 4.79 Å². The predicted molar refractivity (Wildman–Crippen MR) is 102 cm³/mol. The second kappa shape index (κ2) is 12.3. The highest BCUT2D eigenvalue weighted by Crippen LogP contribution is 2.16. The van der Waals surface area contributed by atoms with E-state index < -0.39 is 0 Å². The maximum atomic E-state index is 11.8. The van der Waals surface area contributed by atoms with Gasteiger partial charge in [-0.15, -0.1) is 0 Å². The van der Waals surface area contributed by atoms with Crippen LogP contribution in [0.3, 0.4) is 0 Å². The van der Waals surface area contributed by atoms with E-state index in [1.807, 2.05) is 20.8 Å². The molecule has 0 aliphatic heterocycles. The van der Waals surface area contributed by atoms with Crippen LogP contribution in [-0.2, 0) is 28.9 Å². The Kier molecular flexibility index (Phi) is 10.4. The van der Waals surface area contributed by atoms with Crippen molar-refractivity contribution in [3.05, 3.63) is 17.0 Å². The molecule has 1 aromatic heterocycles. The average molecular weight is 367 g/mol. The summed E-state index contributed by atoms with van der Waals surface area (Å²) >= 11 is 0. The van der Waals surface area contributed by atoms with Gasteiger partial charge in [0.2, 0.25) is 5.91 Å². The Morgan fingerprint density at radius 1 is 1.23 bits per heavy atom. The molecule has 1 heterocycles. The fourth-order valence-corrected chi connectivity index (χ4v) is 2.29. The van der Waals surface area contributed by atoms with Crippen LogP contribution < -0.4 is 10.6 Å². The molecule has 1 rings (SSSR count). The Balaban J connectivity index is 2.73. The van der Waals surface area contributed by atoms with Gasteiger partial charge in [0.15, 0.2) is 5.96 Å². The van der Waals surface area contributed by atoms with Crippen LogP contribution in [0.5, 0.6) is 0 Å². The van der Waals surface area contributed by atoms with Crippen molar-refractivity contribution in [1.82, 2.24) is 20.7 Å². The molecule has 1 aromatic rings. The molecule has 2 N–H and O–H groups in total. The minimum atomic E-state index is -0.0118. The number of aliphatic imine (C=N–C) groups is 1. The number of likely N-dealkylation sites (N-methyl/N-ethyl adjacent to an activating group) is 1. The molecule has 0 radical (unpaired) electrons. The van der Waals surface area contributed by atoms with Gasteiger partial charge in [-0.25, -0.2) is 4.99 Å². The summed E-state index contributed by atoms with van der Waals surface area (Å²) < 4.78 is 10.7. The number of aromatic nitrogens is 1. The fourth-order valence-electron chi connectivity index (χ4n) is 2.29. The first-order chi connectivity index (χ1) is 12.5. The van der Waals surface area contributed by atoms with Crippen molar-refractivity contribution < 1.29 is 14.1 Å². The van der Waals surface area contributed by atoms with E-state index >= 15 is 0 Å². The average Bonchev–Trinajstić information content (AvgIpc) is 3.04. The van der Waals surface area contributed by atoms with Crippen molar-refractivity contribution in [2.24, 2.45) is 4.99 Å². The van der Waals surface area contributed by atoms with Crippen molar-refractivity contribution in [3.8, 4) is 0 Å². The lowest BCUT2D eigenvalue weighted by Crippen LogP contribution is -2.43. The van der Waals surface area contributed by atoms with Gasteiger partial charge < -0.3 is 24.8 Å². The van der Waals surface area contributed by atoms with Gasteiger partial charge in [0.1, 0.15) is 5.76 Å². The van der Waals surface area contributed by atoms with Crippen molar-refractivity contribution in [2.75, 3.05) is 40.4 Å². The molecule has 0 saturated carbocycles. The van der Waals surface area contributed by atoms with Crippen LogP contribution in [0, 0.1) is 0 Å². The van der Waals surface area contributed by atoms with Crippen molar-refractivity contribution >= 4 is 11.9 Å². The molecule has 0 unspecified atom stereocenters. The summed E-state index contributed by atoms with van der Waals surface area (Å²) in [6, 6.07) is 0. The van der Waals surface area contributed by atoms with Crippen molar-refractivity contribution in [3.63, 3.8) is 0 Å². The van der Waals surface area contributed by atoms with E-state index in [2.05, 4.69) is 20.8 Å². The zero-order chi connectivity index (χ0) is 19.4. The molecular weight excluding hydrogens is 334 g/mol. The van der Waals surface area contributed by atoms with E-state index in [1.54, 1.807) is 19.0 Å². The lowest BCUT2D eigenvalue weighted by molar-refractivity contribution is -0.127. The number of carbonyl (C=O) groups excluding carboxylic acids is 1. The summed E-state index contributed by atoms with van der Waals surface area (Å²) in [5, 5.41) is 10.4. The van der Waals surface area contributed by atoms with Gasteiger partial charge in [-0.3, -0.25) is 4.79 Å². The standard InChI is InChI=1S/C18H33N5O3/c1-6-15-14(16(7-2)26-22-15)12-20-18(19-10-9-11-25-8-3)21-13-17(24)23(4)5/h6-13H2,1-5H3,(H2,19,20,21). The number of carbonyl (C=O) groups is 1. The highest BCUT2D eigenvalue weighted by Gasteiger charge is 2.13. The van der Waals surface area contributed by atoms with Crippen LogP contribution in [0.4, 0.5) is 0 Å². The normalized spacial score (nSPS) is 11.5. The maximum Gasteiger partial charge on any atom is 0.241 e. The Labute approximate surface area is 156 Å². The molecule has 0 spiro atoms. The molecule has 8 heteroatoms. The van der Waals surface area contributed by atoms with Gasteiger partial charge in [0, 0.05) is 45.8 Å². The van der Waals surface area contributed by atoms with Gasteiger partial charge in [-0.05, 0) is 19.8 Å². The Bertz CT molecular complexity index is 548. The smallest absolute Gasteiger partial charge is 0.241 e. The molecule has 0 saturated heterocycles. The van der Waals surface area contributed by atoms with Crippen LogP contribution in [0.15, 0.2) is 9.52 Å². The molecule has 0 aromatic carbocycles. The molecule has 1 amide bonds. The number of rotatable bonds is 11. The molecule has 0 bridgehead atoms. The topological polar surface area (TPSA) is 92.0 Å². The summed E-state index contributed by atoms with van der Waals surface area (Å²) in [5.41, 5.74) is 1.97. The Morgan fingerprint density at radius 3 is 2.62 bits per heavy atom. The van der Waals surface area contributed by atoms with Gasteiger partial charge in [-0.2, -0.15) is 0 Å². The number of nitrogens with one attached hydrogen (secondary N) is 2. The SMILES string of the molecule is CCOCCCNC(=NCc1c(CC)noc1CC)NCC(=O)N(C)C. The minimum absolute atomic E-state index is 0.0118. The van der Waals surface area contributed by atoms with Gasteiger partial charge in [0.25, 0.3) is 0 Å². The number of nitrogens with zero attached hydrogens (tertiary/aromatic N) is 3. The molecule has 0 atom stereocenters. The van der Waals surface area contributed by atoms with Crippen LogP contribution in [0.1, 0.15) is 44.2 Å². The number of aryl methyl sites for hydroxylation is 2. The van der Waals surface area contributed by atoms with E-state index in [-0.39, 0.29) is 12.5 Å². The van der Waals surface area contributed by atoms with Crippen LogP contribution in [0.2, 0.25) is 0 Å². The zero-order valence-corrected chi connectivity index (χ0v) is 16.7. The summed E-state index contributed by atoms with van der Waals surface area (Å²) in [5.74, 6) is 1.45. The Hall–Kier alpha value is -2.09. The van der Waals surface area contributed by atoms with E-state index in [0.29, 0.717) is 32.3 Å². The summed E-state index contributed by atoms with van der Waals surface area (Å²) in [4.78, 5) is 18.0. The van der Waals surface area contributed by atoms with E-state index in [1.165, 1.54) is 0 Å². The van der Waals surface area contributed by atoms with Gasteiger partial charge >= 0.3 is 0 Å². The van der Waals surface area contributed by atoms with Gasteiger partial charge in [-0.1, -0.05) is 19.0 Å². The lowest BCUT2D eigenvalue weighted by atomic mass is 10.1. The van der Waals surface area contributed by atoms with Crippen molar-refractivity contribution in [2.45, 2.75) is 46.6 Å². The first kappa shape index (κ1) is 22.0. The van der Waals surface area contributed by atoms with E-state index in [0.717, 1.165) is 36.3 Å². The summed E-state index contributed by atoms with van der Waals surface area (Å²) in [6.07, 6.45) is 2.45. The molecule has 0 fully saturated rings. The zero-order valence-electron chi connectivity index (χ0n) is 16.7. The first-order valence-corrected chi connectivity index (χ1v) is 9.29. The third-order valence-corrected chi connectivity index (χ3v) is 3.87. The van der Waals surface area contributed by atoms with E-state index in [4.69, 9.17) is 9.26 Å². The fraction of sp³-hybridized carbons (Fsp3) is 0.722. The Morgan fingerprint density at radius 2 is 2.00 bits per heavy atom. The highest BCUT2D eigenvalue weighted by atomic mass is 16.5. The monoisotopic (exact) mass is 367 g/mol. The number of hydrogen-bond acceptors (Lipinski definition) is 5. The molecule has 8 nitrogen and oxygen atoms in total. The number of ether oxygens (including phenoxy) is 1. The maximum absolute atomic E-state index is 11.8. The molecule has 0 aliphatic rings. The third-order valence-electron chi connectivity index (χ3n) is 3.87. The third kappa shape index (κ3) is 7.43. The second-order valence-electron chi connectivity index (χ2n) is 6.02. The minimum Gasteiger partial charge on any atom is -0.382 e. The molecule has 0 aliphatic carbocycles. The van der Waals surface area contributed by atoms with Crippen molar-refractivity contribution in [1.29, 1.82) is 0 Å². The predicted octanol–water partition coefficient (Wildman–Crippen LogP) is 1.35. The second-order valence-corrected chi connectivity index (χ2v) is 6.02. The highest BCUT2D eigenvalue weighted by molar-refractivity contribution is 5.86. The molecular formula is C18H33N5O3. The van der Waals surface area contributed by atoms with Crippen LogP contribution in [0.25, 0.3) is 0 Å². The first-order valence-electron chi connectivity index (χ1n) is 9.29. The summed E-state index contributed by atoms with van der Waals surface area (Å²) in [6.45, 7) is 8.83. The molecule has 148 valence electrons. The van der Waals surface area contributed by atoms with Crippen LogP contribution in [-0.4, -0.2) is 62.3 Å². The quantitative estimate of drug-likeness (QED) is 0.348. The largest absolute Gasteiger partial charge is 0.382 e. The number of guanidine groups is 1. The van der Waals surface area contributed by atoms with Gasteiger partial charge in [0.05, 0.1) is 18.8 Å². The molecule has 26 heavy (non-hydrogen) atoms.